The van der Waals surface area contributed by atoms with Crippen LogP contribution in [0.15, 0.2) is 12.2 Å². The summed E-state index contributed by atoms with van der Waals surface area (Å²) in [6, 6.07) is -2.18. The summed E-state index contributed by atoms with van der Waals surface area (Å²) in [6.45, 7) is 1.07. The van der Waals surface area contributed by atoms with E-state index in [0.29, 0.717) is 0 Å². The summed E-state index contributed by atoms with van der Waals surface area (Å²) in [4.78, 5) is 43.4. The summed E-state index contributed by atoms with van der Waals surface area (Å²) in [7, 11) is 0. The first-order valence-corrected chi connectivity index (χ1v) is 5.28. The van der Waals surface area contributed by atoms with Crippen molar-refractivity contribution in [1.82, 2.24) is 10.6 Å². The molecule has 9 nitrogen and oxygen atoms in total. The third kappa shape index (κ3) is 7.49. The number of hydrogen-bond donors (Lipinski definition) is 5. The van der Waals surface area contributed by atoms with Crippen molar-refractivity contribution in [3.8, 4) is 0 Å². The molecule has 0 aliphatic heterocycles. The van der Waals surface area contributed by atoms with E-state index < -0.39 is 35.8 Å². The molecule has 106 valence electrons. The van der Waals surface area contributed by atoms with Gasteiger partial charge in [0.25, 0.3) is 0 Å². The number of nitrogens with one attached hydrogen (secondary N) is 2. The number of carboxylic acids is 1. The first-order valence-electron chi connectivity index (χ1n) is 5.28. The maximum Gasteiger partial charge on any atom is 0.325 e. The zero-order chi connectivity index (χ0) is 15.0. The number of primary amides is 1. The average molecular weight is 272 g/mol. The van der Waals surface area contributed by atoms with Gasteiger partial charge in [-0.05, 0) is 6.92 Å². The number of carbonyl (C=O) groups is 4. The van der Waals surface area contributed by atoms with Gasteiger partial charge in [0.2, 0.25) is 17.7 Å². The fourth-order valence-electron chi connectivity index (χ4n) is 0.902. The first kappa shape index (κ1) is 16.6. The lowest BCUT2D eigenvalue weighted by Crippen LogP contribution is -2.51. The highest BCUT2D eigenvalue weighted by Crippen LogP contribution is 1.85. The zero-order valence-electron chi connectivity index (χ0n) is 10.3. The molecule has 0 aliphatic rings. The Labute approximate surface area is 109 Å². The number of aliphatic carboxylic acids is 1. The number of hydrogen-bond acceptors (Lipinski definition) is 5. The monoisotopic (exact) mass is 272 g/mol. The fourth-order valence-corrected chi connectivity index (χ4v) is 0.902. The summed E-state index contributed by atoms with van der Waals surface area (Å²) in [5, 5.41) is 13.0. The predicted octanol–water partition coefficient (Wildman–Crippen LogP) is -2.94. The summed E-state index contributed by atoms with van der Waals surface area (Å²) in [5.74, 6) is -3.34. The molecule has 0 saturated heterocycles. The van der Waals surface area contributed by atoms with Crippen molar-refractivity contribution in [1.29, 1.82) is 0 Å². The Hall–Kier alpha value is -2.42. The molecule has 0 aromatic rings. The number of carbonyl (C=O) groups excluding carboxylic acids is 3. The van der Waals surface area contributed by atoms with Gasteiger partial charge in [-0.15, -0.1) is 0 Å². The van der Waals surface area contributed by atoms with Crippen molar-refractivity contribution in [2.75, 3.05) is 6.54 Å². The van der Waals surface area contributed by atoms with Gasteiger partial charge in [0.05, 0.1) is 0 Å². The molecule has 0 unspecified atom stereocenters. The van der Waals surface area contributed by atoms with Crippen LogP contribution in [0.25, 0.3) is 0 Å². The minimum atomic E-state index is -1.20. The van der Waals surface area contributed by atoms with E-state index in [1.807, 2.05) is 0 Å². The van der Waals surface area contributed by atoms with E-state index in [1.54, 1.807) is 0 Å². The van der Waals surface area contributed by atoms with Crippen molar-refractivity contribution in [2.24, 2.45) is 11.5 Å². The van der Waals surface area contributed by atoms with Gasteiger partial charge >= 0.3 is 5.97 Å². The number of carboxylic acid groups (broad SMARTS) is 1. The predicted molar refractivity (Wildman–Crippen MR) is 64.6 cm³/mol. The van der Waals surface area contributed by atoms with Crippen LogP contribution in [0.3, 0.4) is 0 Å². The van der Waals surface area contributed by atoms with Crippen molar-refractivity contribution >= 4 is 23.7 Å². The highest BCUT2D eigenvalue weighted by molar-refractivity contribution is 5.96. The standard InChI is InChI=1S/C10H16N4O5/c1-5(10(18)19)14-9(17)6(11)4-13-8(16)3-2-7(12)15/h2-3,5-6H,4,11H2,1H3,(H2,12,15)(H,13,16)(H,14,17)(H,18,19)/b3-2-/t5-,6-/m0/s1. The summed E-state index contributed by atoms with van der Waals surface area (Å²) in [5.41, 5.74) is 10.2. The minimum absolute atomic E-state index is 0.208. The molecule has 0 heterocycles. The summed E-state index contributed by atoms with van der Waals surface area (Å²) >= 11 is 0. The molecule has 0 aromatic heterocycles. The molecular weight excluding hydrogens is 256 g/mol. The second-order valence-corrected chi connectivity index (χ2v) is 3.66. The molecule has 0 spiro atoms. The SMILES string of the molecule is C[C@H](NC(=O)[C@@H](N)CNC(=O)/C=C\C(N)=O)C(=O)O. The molecule has 0 aromatic carbocycles. The maximum absolute atomic E-state index is 11.4. The quantitative estimate of drug-likeness (QED) is 0.311. The Morgan fingerprint density at radius 2 is 1.84 bits per heavy atom. The van der Waals surface area contributed by atoms with Crippen LogP contribution in [0, 0.1) is 0 Å². The molecular formula is C10H16N4O5. The van der Waals surface area contributed by atoms with E-state index in [4.69, 9.17) is 16.6 Å². The van der Waals surface area contributed by atoms with Crippen molar-refractivity contribution in [2.45, 2.75) is 19.0 Å². The van der Waals surface area contributed by atoms with E-state index >= 15 is 0 Å². The smallest absolute Gasteiger partial charge is 0.325 e. The van der Waals surface area contributed by atoms with Crippen LogP contribution in [0.2, 0.25) is 0 Å². The number of nitrogens with two attached hydrogens (primary N) is 2. The molecule has 0 fully saturated rings. The third-order valence-electron chi connectivity index (χ3n) is 1.96. The van der Waals surface area contributed by atoms with Crippen LogP contribution >= 0.6 is 0 Å². The Kier molecular flexibility index (Phi) is 6.82. The Balaban J connectivity index is 4.13. The largest absolute Gasteiger partial charge is 0.480 e. The van der Waals surface area contributed by atoms with Gasteiger partial charge < -0.3 is 27.2 Å². The van der Waals surface area contributed by atoms with Gasteiger partial charge in [-0.2, -0.15) is 0 Å². The molecule has 19 heavy (non-hydrogen) atoms. The van der Waals surface area contributed by atoms with Crippen LogP contribution < -0.4 is 22.1 Å². The van der Waals surface area contributed by atoms with E-state index in [-0.39, 0.29) is 6.54 Å². The van der Waals surface area contributed by atoms with Gasteiger partial charge in [0, 0.05) is 18.7 Å². The minimum Gasteiger partial charge on any atom is -0.480 e. The first-order chi connectivity index (χ1) is 8.73. The van der Waals surface area contributed by atoms with Crippen molar-refractivity contribution in [3.63, 3.8) is 0 Å². The second-order valence-electron chi connectivity index (χ2n) is 3.66. The van der Waals surface area contributed by atoms with E-state index in [2.05, 4.69) is 10.6 Å². The highest BCUT2D eigenvalue weighted by atomic mass is 16.4. The normalized spacial score (nSPS) is 13.6. The second kappa shape index (κ2) is 7.82. The molecule has 0 rings (SSSR count). The van der Waals surface area contributed by atoms with Crippen molar-refractivity contribution in [3.05, 3.63) is 12.2 Å². The lowest BCUT2D eigenvalue weighted by Gasteiger charge is -2.14. The van der Waals surface area contributed by atoms with Crippen molar-refractivity contribution < 1.29 is 24.3 Å². The van der Waals surface area contributed by atoms with Crippen LogP contribution in [0.1, 0.15) is 6.92 Å². The Morgan fingerprint density at radius 3 is 2.32 bits per heavy atom. The van der Waals surface area contributed by atoms with Crippen LogP contribution in [-0.4, -0.2) is 47.4 Å². The average Bonchev–Trinajstić information content (AvgIpc) is 2.32. The topological polar surface area (TPSA) is 165 Å². The Morgan fingerprint density at radius 1 is 1.26 bits per heavy atom. The summed E-state index contributed by atoms with van der Waals surface area (Å²) in [6.07, 6.45) is 1.75. The van der Waals surface area contributed by atoms with Crippen LogP contribution in [-0.2, 0) is 19.2 Å². The molecule has 0 aliphatic carbocycles. The van der Waals surface area contributed by atoms with Gasteiger partial charge in [-0.1, -0.05) is 0 Å². The number of rotatable bonds is 7. The lowest BCUT2D eigenvalue weighted by molar-refractivity contribution is -0.141. The van der Waals surface area contributed by atoms with Gasteiger partial charge in [0.1, 0.15) is 12.1 Å². The Bertz CT molecular complexity index is 407. The molecule has 7 N–H and O–H groups in total. The van der Waals surface area contributed by atoms with Crippen LogP contribution in [0.5, 0.6) is 0 Å². The van der Waals surface area contributed by atoms with Gasteiger partial charge in [-0.3, -0.25) is 19.2 Å². The van der Waals surface area contributed by atoms with E-state index in [0.717, 1.165) is 12.2 Å². The lowest BCUT2D eigenvalue weighted by atomic mass is 10.2. The van der Waals surface area contributed by atoms with Crippen LogP contribution in [0.4, 0.5) is 0 Å². The molecule has 0 saturated carbocycles. The molecule has 2 atom stereocenters. The zero-order valence-corrected chi connectivity index (χ0v) is 10.3. The molecule has 0 radical (unpaired) electrons. The molecule has 0 bridgehead atoms. The maximum atomic E-state index is 11.4. The third-order valence-corrected chi connectivity index (χ3v) is 1.96. The van der Waals surface area contributed by atoms with Gasteiger partial charge in [0.15, 0.2) is 0 Å². The highest BCUT2D eigenvalue weighted by Gasteiger charge is 2.19. The van der Waals surface area contributed by atoms with E-state index in [1.165, 1.54) is 6.92 Å². The molecule has 9 heteroatoms. The summed E-state index contributed by atoms with van der Waals surface area (Å²) < 4.78 is 0. The molecule has 3 amide bonds. The number of amides is 3. The van der Waals surface area contributed by atoms with E-state index in [9.17, 15) is 19.2 Å². The van der Waals surface area contributed by atoms with Gasteiger partial charge in [-0.25, -0.2) is 0 Å². The fraction of sp³-hybridized carbons (Fsp3) is 0.400.